The van der Waals surface area contributed by atoms with Crippen LogP contribution in [0.1, 0.15) is 58.8 Å². The molecule has 0 aromatic carbocycles. The Morgan fingerprint density at radius 1 is 1.15 bits per heavy atom. The second-order valence-corrected chi connectivity index (χ2v) is 6.91. The zero-order chi connectivity index (χ0) is 15.2. The lowest BCUT2D eigenvalue weighted by Crippen LogP contribution is -2.42. The van der Waals surface area contributed by atoms with Crippen molar-refractivity contribution in [3.8, 4) is 0 Å². The molecule has 0 bridgehead atoms. The van der Waals surface area contributed by atoms with Gasteiger partial charge in [0.25, 0.3) is 0 Å². The van der Waals surface area contributed by atoms with Crippen molar-refractivity contribution in [1.82, 2.24) is 5.32 Å². The van der Waals surface area contributed by atoms with Crippen LogP contribution < -0.4 is 5.32 Å². The van der Waals surface area contributed by atoms with Gasteiger partial charge in [-0.15, -0.1) is 0 Å². The number of aliphatic hydroxyl groups excluding tert-OH is 1. The Balaban J connectivity index is 2.44. The third-order valence-corrected chi connectivity index (χ3v) is 4.18. The minimum atomic E-state index is -0.887. The molecule has 0 unspecified atom stereocenters. The van der Waals surface area contributed by atoms with Crippen molar-refractivity contribution < 1.29 is 19.8 Å². The summed E-state index contributed by atoms with van der Waals surface area (Å²) >= 11 is 0. The van der Waals surface area contributed by atoms with E-state index >= 15 is 0 Å². The number of carbonyl (C=O) groups excluding carboxylic acids is 1. The van der Waals surface area contributed by atoms with Crippen LogP contribution in [0.15, 0.2) is 0 Å². The number of aliphatic carboxylic acids is 1. The first-order chi connectivity index (χ1) is 9.29. The molecule has 0 aromatic heterocycles. The van der Waals surface area contributed by atoms with E-state index in [0.717, 1.165) is 25.7 Å². The van der Waals surface area contributed by atoms with Gasteiger partial charge in [0.05, 0.1) is 13.0 Å². The molecule has 1 aliphatic rings. The van der Waals surface area contributed by atoms with Crippen LogP contribution in [0.3, 0.4) is 0 Å². The van der Waals surface area contributed by atoms with Gasteiger partial charge < -0.3 is 15.5 Å². The number of nitrogens with one attached hydrogen (secondary N) is 1. The number of aliphatic hydroxyl groups is 1. The molecular weight excluding hydrogens is 258 g/mol. The van der Waals surface area contributed by atoms with Crippen LogP contribution in [0.4, 0.5) is 0 Å². The van der Waals surface area contributed by atoms with Gasteiger partial charge in [-0.1, -0.05) is 33.1 Å². The largest absolute Gasteiger partial charge is 0.481 e. The molecule has 3 N–H and O–H groups in total. The van der Waals surface area contributed by atoms with Gasteiger partial charge in [-0.05, 0) is 18.3 Å². The number of hydrogen-bond donors (Lipinski definition) is 3. The summed E-state index contributed by atoms with van der Waals surface area (Å²) in [5.41, 5.74) is -0.723. The van der Waals surface area contributed by atoms with Gasteiger partial charge in [-0.25, -0.2) is 0 Å². The number of carboxylic acids is 1. The molecule has 0 aliphatic heterocycles. The summed E-state index contributed by atoms with van der Waals surface area (Å²) in [5.74, 6) is -1.02. The molecular formula is C15H27NO4. The zero-order valence-electron chi connectivity index (χ0n) is 12.6. The second-order valence-electron chi connectivity index (χ2n) is 6.91. The number of carbonyl (C=O) groups is 2. The highest BCUT2D eigenvalue weighted by molar-refractivity contribution is 5.77. The third-order valence-electron chi connectivity index (χ3n) is 4.18. The molecule has 1 saturated carbocycles. The molecule has 5 nitrogen and oxygen atoms in total. The maximum absolute atomic E-state index is 12.0. The van der Waals surface area contributed by atoms with Crippen LogP contribution >= 0.6 is 0 Å². The van der Waals surface area contributed by atoms with Gasteiger partial charge in [-0.3, -0.25) is 9.59 Å². The molecule has 0 heterocycles. The maximum Gasteiger partial charge on any atom is 0.303 e. The van der Waals surface area contributed by atoms with Crippen LogP contribution in [-0.2, 0) is 9.59 Å². The minimum Gasteiger partial charge on any atom is -0.481 e. The lowest BCUT2D eigenvalue weighted by molar-refractivity contribution is -0.139. The lowest BCUT2D eigenvalue weighted by Gasteiger charge is -2.36. The highest BCUT2D eigenvalue weighted by Crippen LogP contribution is 2.35. The van der Waals surface area contributed by atoms with Gasteiger partial charge in [0, 0.05) is 18.4 Å². The van der Waals surface area contributed by atoms with Crippen molar-refractivity contribution in [3.05, 3.63) is 0 Å². The Labute approximate surface area is 120 Å². The van der Waals surface area contributed by atoms with Gasteiger partial charge in [-0.2, -0.15) is 0 Å². The molecule has 1 rings (SSSR count). The van der Waals surface area contributed by atoms with E-state index in [4.69, 9.17) is 5.11 Å². The van der Waals surface area contributed by atoms with Gasteiger partial charge in [0.2, 0.25) is 5.91 Å². The number of hydrogen-bond acceptors (Lipinski definition) is 3. The van der Waals surface area contributed by atoms with E-state index in [1.54, 1.807) is 13.8 Å². The van der Waals surface area contributed by atoms with Gasteiger partial charge in [0.1, 0.15) is 0 Å². The quantitative estimate of drug-likeness (QED) is 0.667. The third kappa shape index (κ3) is 5.49. The molecule has 0 radical (unpaired) electrons. The topological polar surface area (TPSA) is 86.6 Å². The van der Waals surface area contributed by atoms with Crippen molar-refractivity contribution in [3.63, 3.8) is 0 Å². The van der Waals surface area contributed by atoms with Crippen LogP contribution in [0.2, 0.25) is 0 Å². The fraction of sp³-hybridized carbons (Fsp3) is 0.867. The summed E-state index contributed by atoms with van der Waals surface area (Å²) in [7, 11) is 0. The molecule has 116 valence electrons. The highest BCUT2D eigenvalue weighted by atomic mass is 16.4. The Bertz CT molecular complexity index is 346. The number of amides is 1. The van der Waals surface area contributed by atoms with Crippen LogP contribution in [0.25, 0.3) is 0 Å². The van der Waals surface area contributed by atoms with E-state index in [2.05, 4.69) is 5.32 Å². The Hall–Kier alpha value is -1.10. The van der Waals surface area contributed by atoms with E-state index < -0.39 is 11.4 Å². The predicted molar refractivity (Wildman–Crippen MR) is 76.3 cm³/mol. The maximum atomic E-state index is 12.0. The first-order valence-corrected chi connectivity index (χ1v) is 7.38. The van der Waals surface area contributed by atoms with Gasteiger partial charge in [0.15, 0.2) is 0 Å². The molecule has 1 aliphatic carbocycles. The van der Waals surface area contributed by atoms with E-state index in [1.165, 1.54) is 6.42 Å². The normalized spacial score (nSPS) is 18.6. The van der Waals surface area contributed by atoms with E-state index in [0.29, 0.717) is 6.54 Å². The molecule has 20 heavy (non-hydrogen) atoms. The average molecular weight is 285 g/mol. The van der Waals surface area contributed by atoms with Gasteiger partial charge >= 0.3 is 5.97 Å². The van der Waals surface area contributed by atoms with Crippen LogP contribution in [0.5, 0.6) is 0 Å². The van der Waals surface area contributed by atoms with Crippen molar-refractivity contribution >= 4 is 11.9 Å². The van der Waals surface area contributed by atoms with Crippen molar-refractivity contribution in [2.24, 2.45) is 10.8 Å². The first-order valence-electron chi connectivity index (χ1n) is 7.38. The molecule has 1 fully saturated rings. The van der Waals surface area contributed by atoms with Crippen LogP contribution in [-0.4, -0.2) is 35.2 Å². The molecule has 5 heteroatoms. The summed E-state index contributed by atoms with van der Waals surface area (Å²) in [5, 5.41) is 21.3. The van der Waals surface area contributed by atoms with E-state index in [9.17, 15) is 14.7 Å². The van der Waals surface area contributed by atoms with Crippen LogP contribution in [0, 0.1) is 10.8 Å². The molecule has 0 spiro atoms. The molecule has 0 aromatic rings. The standard InChI is InChI=1S/C15H27NO4/c1-14(2,9-13(19)20)8-12(18)16-10-15(11-17)6-4-3-5-7-15/h17H,3-11H2,1-2H3,(H,16,18)(H,19,20). The number of carboxylic acid groups (broad SMARTS) is 1. The molecule has 1 amide bonds. The summed E-state index contributed by atoms with van der Waals surface area (Å²) in [6.45, 7) is 4.16. The molecule has 0 atom stereocenters. The lowest BCUT2D eigenvalue weighted by atomic mass is 9.74. The fourth-order valence-corrected chi connectivity index (χ4v) is 2.95. The predicted octanol–water partition coefficient (Wildman–Crippen LogP) is 1.94. The average Bonchev–Trinajstić information content (AvgIpc) is 2.35. The number of rotatable bonds is 7. The van der Waals surface area contributed by atoms with E-state index in [1.807, 2.05) is 0 Å². The Morgan fingerprint density at radius 2 is 1.75 bits per heavy atom. The second kappa shape index (κ2) is 7.07. The van der Waals surface area contributed by atoms with E-state index in [-0.39, 0.29) is 30.8 Å². The SMILES string of the molecule is CC(C)(CC(=O)O)CC(=O)NCC1(CO)CCCCC1. The first kappa shape index (κ1) is 17.0. The summed E-state index contributed by atoms with van der Waals surface area (Å²) in [4.78, 5) is 22.7. The fourth-order valence-electron chi connectivity index (χ4n) is 2.95. The highest BCUT2D eigenvalue weighted by Gasteiger charge is 2.32. The van der Waals surface area contributed by atoms with Crippen molar-refractivity contribution in [2.45, 2.75) is 58.8 Å². The minimum absolute atomic E-state index is 0.0223. The summed E-state index contributed by atoms with van der Waals surface area (Å²) < 4.78 is 0. The Morgan fingerprint density at radius 3 is 2.25 bits per heavy atom. The van der Waals surface area contributed by atoms with Crippen molar-refractivity contribution in [2.75, 3.05) is 13.2 Å². The summed E-state index contributed by atoms with van der Waals surface area (Å²) in [6, 6.07) is 0. The van der Waals surface area contributed by atoms with Crippen molar-refractivity contribution in [1.29, 1.82) is 0 Å². The summed E-state index contributed by atoms with van der Waals surface area (Å²) in [6.07, 6.45) is 5.46. The zero-order valence-corrected chi connectivity index (χ0v) is 12.6. The molecule has 0 saturated heterocycles. The Kier molecular flexibility index (Phi) is 5.99. The monoisotopic (exact) mass is 285 g/mol. The smallest absolute Gasteiger partial charge is 0.303 e.